The SMILES string of the molecule is CS(=O)CCNc1ccc(N)cc1S(N)(=O)=O. The summed E-state index contributed by atoms with van der Waals surface area (Å²) in [5.41, 5.74) is 6.19. The molecule has 0 aliphatic heterocycles. The van der Waals surface area contributed by atoms with Gasteiger partial charge in [-0.2, -0.15) is 0 Å². The van der Waals surface area contributed by atoms with E-state index in [4.69, 9.17) is 10.9 Å². The highest BCUT2D eigenvalue weighted by atomic mass is 32.2. The van der Waals surface area contributed by atoms with Crippen LogP contribution in [0, 0.1) is 0 Å². The molecule has 1 rings (SSSR count). The third-order valence-corrected chi connectivity index (χ3v) is 3.75. The molecule has 0 saturated heterocycles. The maximum Gasteiger partial charge on any atom is 0.240 e. The van der Waals surface area contributed by atoms with Crippen LogP contribution in [0.3, 0.4) is 0 Å². The summed E-state index contributed by atoms with van der Waals surface area (Å²) in [6.45, 7) is 0.398. The molecule has 0 aliphatic rings. The average molecular weight is 277 g/mol. The molecule has 0 aromatic heterocycles. The van der Waals surface area contributed by atoms with Crippen molar-refractivity contribution in [2.75, 3.05) is 29.6 Å². The fraction of sp³-hybridized carbons (Fsp3) is 0.333. The van der Waals surface area contributed by atoms with Gasteiger partial charge in [-0.15, -0.1) is 0 Å². The molecule has 0 bridgehead atoms. The van der Waals surface area contributed by atoms with Crippen molar-refractivity contribution in [3.8, 4) is 0 Å². The van der Waals surface area contributed by atoms with Crippen molar-refractivity contribution in [3.63, 3.8) is 0 Å². The molecule has 0 heterocycles. The van der Waals surface area contributed by atoms with Crippen LogP contribution in [0.2, 0.25) is 0 Å². The first-order valence-corrected chi connectivity index (χ1v) is 8.04. The van der Waals surface area contributed by atoms with Crippen LogP contribution in [0.15, 0.2) is 23.1 Å². The first-order chi connectivity index (χ1) is 7.80. The third-order valence-electron chi connectivity index (χ3n) is 2.02. The van der Waals surface area contributed by atoms with E-state index in [2.05, 4.69) is 5.32 Å². The molecule has 0 spiro atoms. The normalized spacial score (nSPS) is 13.3. The Balaban J connectivity index is 2.95. The molecule has 8 heteroatoms. The molecule has 17 heavy (non-hydrogen) atoms. The molecule has 0 fully saturated rings. The zero-order chi connectivity index (χ0) is 13.1. The summed E-state index contributed by atoms with van der Waals surface area (Å²) < 4.78 is 33.5. The van der Waals surface area contributed by atoms with Crippen LogP contribution >= 0.6 is 0 Å². The predicted molar refractivity (Wildman–Crippen MR) is 69.7 cm³/mol. The third kappa shape index (κ3) is 4.33. The van der Waals surface area contributed by atoms with Crippen molar-refractivity contribution in [1.82, 2.24) is 0 Å². The van der Waals surface area contributed by atoms with E-state index in [1.54, 1.807) is 12.3 Å². The van der Waals surface area contributed by atoms with Gasteiger partial charge < -0.3 is 11.1 Å². The molecule has 6 nitrogen and oxygen atoms in total. The molecule has 0 amide bonds. The molecule has 96 valence electrons. The number of sulfonamides is 1. The highest BCUT2D eigenvalue weighted by Crippen LogP contribution is 2.22. The monoisotopic (exact) mass is 277 g/mol. The van der Waals surface area contributed by atoms with E-state index in [1.807, 2.05) is 0 Å². The van der Waals surface area contributed by atoms with Gasteiger partial charge in [0.05, 0.1) is 5.69 Å². The van der Waals surface area contributed by atoms with Crippen molar-refractivity contribution in [1.29, 1.82) is 0 Å². The largest absolute Gasteiger partial charge is 0.399 e. The Morgan fingerprint density at radius 1 is 1.41 bits per heavy atom. The van der Waals surface area contributed by atoms with Crippen molar-refractivity contribution < 1.29 is 12.6 Å². The highest BCUT2D eigenvalue weighted by Gasteiger charge is 2.14. The lowest BCUT2D eigenvalue weighted by Crippen LogP contribution is -2.17. The Kier molecular flexibility index (Phi) is 4.49. The van der Waals surface area contributed by atoms with Crippen LogP contribution in [0.25, 0.3) is 0 Å². The lowest BCUT2D eigenvalue weighted by Gasteiger charge is -2.10. The van der Waals surface area contributed by atoms with Crippen molar-refractivity contribution in [2.45, 2.75) is 4.90 Å². The second-order valence-corrected chi connectivity index (χ2v) is 6.59. The summed E-state index contributed by atoms with van der Waals surface area (Å²) >= 11 is 0. The lowest BCUT2D eigenvalue weighted by atomic mass is 10.3. The Hall–Kier alpha value is -1.12. The van der Waals surface area contributed by atoms with Gasteiger partial charge >= 0.3 is 0 Å². The topological polar surface area (TPSA) is 115 Å². The van der Waals surface area contributed by atoms with E-state index in [1.165, 1.54) is 12.1 Å². The molecular weight excluding hydrogens is 262 g/mol. The van der Waals surface area contributed by atoms with E-state index in [9.17, 15) is 12.6 Å². The number of nitrogen functional groups attached to an aromatic ring is 1. The molecule has 0 saturated carbocycles. The summed E-state index contributed by atoms with van der Waals surface area (Å²) in [5.74, 6) is 0.425. The predicted octanol–water partition coefficient (Wildman–Crippen LogP) is -0.293. The van der Waals surface area contributed by atoms with Crippen molar-refractivity contribution in [2.24, 2.45) is 5.14 Å². The molecule has 1 aromatic rings. The smallest absolute Gasteiger partial charge is 0.240 e. The second-order valence-electron chi connectivity index (χ2n) is 3.50. The van der Waals surface area contributed by atoms with Gasteiger partial charge in [0.2, 0.25) is 10.0 Å². The quantitative estimate of drug-likeness (QED) is 0.639. The van der Waals surface area contributed by atoms with Gasteiger partial charge in [0.25, 0.3) is 0 Å². The summed E-state index contributed by atoms with van der Waals surface area (Å²) in [5, 5.41) is 7.95. The van der Waals surface area contributed by atoms with E-state index in [-0.39, 0.29) is 4.90 Å². The number of primary sulfonamides is 1. The van der Waals surface area contributed by atoms with Crippen LogP contribution in [-0.4, -0.2) is 31.2 Å². The number of benzene rings is 1. The lowest BCUT2D eigenvalue weighted by molar-refractivity contribution is 0.598. The molecular formula is C9H15N3O3S2. The van der Waals surface area contributed by atoms with Gasteiger partial charge in [0.15, 0.2) is 0 Å². The van der Waals surface area contributed by atoms with Gasteiger partial charge in [0, 0.05) is 35.0 Å². The van der Waals surface area contributed by atoms with Gasteiger partial charge in [-0.25, -0.2) is 13.6 Å². The van der Waals surface area contributed by atoms with Gasteiger partial charge in [0.1, 0.15) is 4.90 Å². The molecule has 1 unspecified atom stereocenters. The van der Waals surface area contributed by atoms with Crippen molar-refractivity contribution >= 4 is 32.2 Å². The van der Waals surface area contributed by atoms with E-state index in [0.29, 0.717) is 23.7 Å². The van der Waals surface area contributed by atoms with Crippen LogP contribution in [0.1, 0.15) is 0 Å². The maximum absolute atomic E-state index is 11.3. The maximum atomic E-state index is 11.3. The fourth-order valence-electron chi connectivity index (χ4n) is 1.25. The summed E-state index contributed by atoms with van der Waals surface area (Å²) in [6, 6.07) is 4.40. The zero-order valence-electron chi connectivity index (χ0n) is 9.34. The highest BCUT2D eigenvalue weighted by molar-refractivity contribution is 7.89. The van der Waals surface area contributed by atoms with Crippen LogP contribution < -0.4 is 16.2 Å². The minimum Gasteiger partial charge on any atom is -0.399 e. The van der Waals surface area contributed by atoms with E-state index < -0.39 is 20.8 Å². The number of nitrogens with one attached hydrogen (secondary N) is 1. The Bertz CT molecular complexity index is 528. The minimum atomic E-state index is -3.82. The van der Waals surface area contributed by atoms with Gasteiger partial charge in [-0.1, -0.05) is 0 Å². The van der Waals surface area contributed by atoms with Crippen LogP contribution in [0.5, 0.6) is 0 Å². The molecule has 5 N–H and O–H groups in total. The molecule has 0 radical (unpaired) electrons. The number of anilines is 2. The van der Waals surface area contributed by atoms with Crippen molar-refractivity contribution in [3.05, 3.63) is 18.2 Å². The van der Waals surface area contributed by atoms with Gasteiger partial charge in [-0.3, -0.25) is 4.21 Å². The Morgan fingerprint density at radius 2 is 2.06 bits per heavy atom. The zero-order valence-corrected chi connectivity index (χ0v) is 11.0. The summed E-state index contributed by atoms with van der Waals surface area (Å²) in [7, 11) is -4.76. The average Bonchev–Trinajstić information content (AvgIpc) is 2.18. The number of hydrogen-bond donors (Lipinski definition) is 3. The second kappa shape index (κ2) is 5.48. The van der Waals surface area contributed by atoms with Gasteiger partial charge in [-0.05, 0) is 18.2 Å². The molecule has 1 atom stereocenters. The standard InChI is InChI=1S/C9H15N3O3S2/c1-16(13)5-4-12-8-3-2-7(10)6-9(8)17(11,14)15/h2-3,6,12H,4-5,10H2,1H3,(H2,11,14,15). The summed E-state index contributed by atoms with van der Waals surface area (Å²) in [6.07, 6.45) is 1.57. The van der Waals surface area contributed by atoms with E-state index in [0.717, 1.165) is 0 Å². The first kappa shape index (κ1) is 13.9. The fourth-order valence-corrected chi connectivity index (χ4v) is 2.39. The number of rotatable bonds is 5. The Labute approximate surface area is 103 Å². The molecule has 1 aromatic carbocycles. The first-order valence-electron chi connectivity index (χ1n) is 4.77. The number of hydrogen-bond acceptors (Lipinski definition) is 5. The molecule has 0 aliphatic carbocycles. The van der Waals surface area contributed by atoms with Crippen LogP contribution in [-0.2, 0) is 20.8 Å². The Morgan fingerprint density at radius 3 is 2.59 bits per heavy atom. The van der Waals surface area contributed by atoms with E-state index >= 15 is 0 Å². The summed E-state index contributed by atoms with van der Waals surface area (Å²) in [4.78, 5) is -0.0561. The van der Waals surface area contributed by atoms with Crippen LogP contribution in [0.4, 0.5) is 11.4 Å². The minimum absolute atomic E-state index is 0.0561. The number of nitrogens with two attached hydrogens (primary N) is 2.